The van der Waals surface area contributed by atoms with Gasteiger partial charge in [0.15, 0.2) is 0 Å². The van der Waals surface area contributed by atoms with Crippen LogP contribution in [-0.2, 0) is 6.54 Å². The average Bonchev–Trinajstić information content (AvgIpc) is 2.55. The van der Waals surface area contributed by atoms with Gasteiger partial charge in [-0.3, -0.25) is 0 Å². The largest absolute Gasteiger partial charge is 0.497 e. The van der Waals surface area contributed by atoms with Crippen molar-refractivity contribution < 1.29 is 14.3 Å². The molecule has 0 unspecified atom stereocenters. The summed E-state index contributed by atoms with van der Waals surface area (Å²) in [6.07, 6.45) is 0. The molecule has 0 atom stereocenters. The van der Waals surface area contributed by atoms with Crippen LogP contribution in [0.5, 0.6) is 11.5 Å². The fraction of sp³-hybridized carbons (Fsp3) is 0.188. The van der Waals surface area contributed by atoms with E-state index in [1.165, 1.54) is 0 Å². The van der Waals surface area contributed by atoms with Crippen LogP contribution in [-0.4, -0.2) is 20.3 Å². The van der Waals surface area contributed by atoms with Gasteiger partial charge in [-0.15, -0.1) is 0 Å². The van der Waals surface area contributed by atoms with Crippen molar-refractivity contribution in [1.29, 1.82) is 0 Å². The van der Waals surface area contributed by atoms with Crippen molar-refractivity contribution in [1.82, 2.24) is 5.32 Å². The van der Waals surface area contributed by atoms with Crippen molar-refractivity contribution in [2.24, 2.45) is 0 Å². The molecule has 0 spiro atoms. The molecule has 7 heteroatoms. The lowest BCUT2D eigenvalue weighted by Crippen LogP contribution is -2.28. The third-order valence-electron chi connectivity index (χ3n) is 3.11. The number of methoxy groups -OCH3 is 2. The summed E-state index contributed by atoms with van der Waals surface area (Å²) in [7, 11) is 3.15. The molecule has 0 saturated carbocycles. The molecule has 0 fully saturated rings. The number of anilines is 1. The topological polar surface area (TPSA) is 59.6 Å². The number of carbonyl (C=O) groups is 1. The van der Waals surface area contributed by atoms with Crippen LogP contribution in [0.3, 0.4) is 0 Å². The third-order valence-corrected chi connectivity index (χ3v) is 3.65. The molecule has 0 aliphatic heterocycles. The van der Waals surface area contributed by atoms with Gasteiger partial charge in [0, 0.05) is 17.1 Å². The Bertz CT molecular complexity index is 708. The van der Waals surface area contributed by atoms with Crippen molar-refractivity contribution in [2.45, 2.75) is 6.54 Å². The quantitative estimate of drug-likeness (QED) is 0.839. The fourth-order valence-electron chi connectivity index (χ4n) is 1.95. The second kappa shape index (κ2) is 7.94. The maximum absolute atomic E-state index is 12.0. The van der Waals surface area contributed by atoms with E-state index in [9.17, 15) is 4.79 Å². The summed E-state index contributed by atoms with van der Waals surface area (Å²) in [6.45, 7) is 0.275. The molecule has 0 aliphatic rings. The minimum Gasteiger partial charge on any atom is -0.497 e. The van der Waals surface area contributed by atoms with Crippen LogP contribution in [0.1, 0.15) is 5.56 Å². The summed E-state index contributed by atoms with van der Waals surface area (Å²) in [5.41, 5.74) is 1.27. The highest BCUT2D eigenvalue weighted by molar-refractivity contribution is 6.36. The molecule has 0 aromatic heterocycles. The summed E-state index contributed by atoms with van der Waals surface area (Å²) in [5.74, 6) is 1.35. The first kappa shape index (κ1) is 17.2. The molecule has 2 aromatic carbocycles. The number of rotatable bonds is 5. The first-order valence-electron chi connectivity index (χ1n) is 6.74. The Morgan fingerprint density at radius 3 is 2.52 bits per heavy atom. The number of benzene rings is 2. The monoisotopic (exact) mass is 354 g/mol. The molecule has 0 saturated heterocycles. The van der Waals surface area contributed by atoms with Gasteiger partial charge in [0.1, 0.15) is 11.5 Å². The SMILES string of the molecule is COc1ccc(OC)c(CNC(=O)Nc2ccc(Cl)cc2Cl)c1. The van der Waals surface area contributed by atoms with Gasteiger partial charge in [-0.05, 0) is 36.4 Å². The predicted octanol–water partition coefficient (Wildman–Crippen LogP) is 4.33. The van der Waals surface area contributed by atoms with E-state index in [1.54, 1.807) is 50.6 Å². The molecular weight excluding hydrogens is 339 g/mol. The third kappa shape index (κ3) is 4.68. The number of nitrogens with one attached hydrogen (secondary N) is 2. The molecule has 2 N–H and O–H groups in total. The molecule has 5 nitrogen and oxygen atoms in total. The summed E-state index contributed by atoms with van der Waals surface area (Å²) in [5, 5.41) is 6.27. The van der Waals surface area contributed by atoms with Crippen molar-refractivity contribution in [3.63, 3.8) is 0 Å². The van der Waals surface area contributed by atoms with E-state index in [1.807, 2.05) is 0 Å². The Labute approximate surface area is 144 Å². The average molecular weight is 355 g/mol. The van der Waals surface area contributed by atoms with Gasteiger partial charge in [0.25, 0.3) is 0 Å². The molecule has 0 heterocycles. The zero-order valence-corrected chi connectivity index (χ0v) is 14.2. The summed E-state index contributed by atoms with van der Waals surface area (Å²) >= 11 is 11.8. The van der Waals surface area contributed by atoms with Crippen molar-refractivity contribution >= 4 is 34.9 Å². The number of halogens is 2. The maximum atomic E-state index is 12.0. The van der Waals surface area contributed by atoms with E-state index < -0.39 is 0 Å². The number of hydrogen-bond acceptors (Lipinski definition) is 3. The first-order valence-corrected chi connectivity index (χ1v) is 7.50. The number of amides is 2. The Morgan fingerprint density at radius 2 is 1.87 bits per heavy atom. The Morgan fingerprint density at radius 1 is 1.09 bits per heavy atom. The van der Waals surface area contributed by atoms with Crippen LogP contribution in [0.4, 0.5) is 10.5 Å². The second-order valence-corrected chi connectivity index (χ2v) is 5.45. The molecular formula is C16H16Cl2N2O3. The van der Waals surface area contributed by atoms with Gasteiger partial charge in [0.05, 0.1) is 24.9 Å². The second-order valence-electron chi connectivity index (χ2n) is 4.61. The minimum absolute atomic E-state index is 0.275. The zero-order valence-electron chi connectivity index (χ0n) is 12.7. The lowest BCUT2D eigenvalue weighted by molar-refractivity contribution is 0.251. The summed E-state index contributed by atoms with van der Waals surface area (Å²) in [6, 6.07) is 9.82. The molecule has 2 amide bonds. The highest BCUT2D eigenvalue weighted by Gasteiger charge is 2.09. The standard InChI is InChI=1S/C16H16Cl2N2O3/c1-22-12-4-6-15(23-2)10(7-12)9-19-16(21)20-14-5-3-11(17)8-13(14)18/h3-8H,9H2,1-2H3,(H2,19,20,21). The highest BCUT2D eigenvalue weighted by atomic mass is 35.5. The lowest BCUT2D eigenvalue weighted by Gasteiger charge is -2.12. The number of ether oxygens (including phenoxy) is 2. The number of urea groups is 1. The molecule has 122 valence electrons. The molecule has 2 aromatic rings. The minimum atomic E-state index is -0.390. The van der Waals surface area contributed by atoms with E-state index in [4.69, 9.17) is 32.7 Å². The van der Waals surface area contributed by atoms with E-state index in [2.05, 4.69) is 10.6 Å². The summed E-state index contributed by atoms with van der Waals surface area (Å²) < 4.78 is 10.4. The van der Waals surface area contributed by atoms with E-state index in [0.717, 1.165) is 5.56 Å². The lowest BCUT2D eigenvalue weighted by atomic mass is 10.2. The van der Waals surface area contributed by atoms with Crippen LogP contribution in [0, 0.1) is 0 Å². The van der Waals surface area contributed by atoms with Crippen LogP contribution in [0.2, 0.25) is 10.0 Å². The number of carbonyl (C=O) groups excluding carboxylic acids is 1. The van der Waals surface area contributed by atoms with Gasteiger partial charge in [-0.25, -0.2) is 4.79 Å². The van der Waals surface area contributed by atoms with E-state index >= 15 is 0 Å². The van der Waals surface area contributed by atoms with Crippen LogP contribution in [0.25, 0.3) is 0 Å². The van der Waals surface area contributed by atoms with E-state index in [0.29, 0.717) is 27.2 Å². The van der Waals surface area contributed by atoms with Crippen molar-refractivity contribution in [3.8, 4) is 11.5 Å². The zero-order chi connectivity index (χ0) is 16.8. The van der Waals surface area contributed by atoms with Gasteiger partial charge in [-0.2, -0.15) is 0 Å². The molecule has 23 heavy (non-hydrogen) atoms. The number of hydrogen-bond donors (Lipinski definition) is 2. The first-order chi connectivity index (χ1) is 11.0. The van der Waals surface area contributed by atoms with Gasteiger partial charge in [0.2, 0.25) is 0 Å². The van der Waals surface area contributed by atoms with Gasteiger partial charge < -0.3 is 20.1 Å². The van der Waals surface area contributed by atoms with E-state index in [-0.39, 0.29) is 12.6 Å². The molecule has 0 radical (unpaired) electrons. The van der Waals surface area contributed by atoms with Crippen LogP contribution in [0.15, 0.2) is 36.4 Å². The normalized spacial score (nSPS) is 10.1. The van der Waals surface area contributed by atoms with Crippen molar-refractivity contribution in [2.75, 3.05) is 19.5 Å². The highest BCUT2D eigenvalue weighted by Crippen LogP contribution is 2.26. The fourth-order valence-corrected chi connectivity index (χ4v) is 2.41. The Balaban J connectivity index is 2.01. The van der Waals surface area contributed by atoms with Crippen molar-refractivity contribution in [3.05, 3.63) is 52.0 Å². The predicted molar refractivity (Wildman–Crippen MR) is 91.9 cm³/mol. The van der Waals surface area contributed by atoms with Crippen LogP contribution >= 0.6 is 23.2 Å². The molecule has 0 aliphatic carbocycles. The summed E-state index contributed by atoms with van der Waals surface area (Å²) in [4.78, 5) is 12.0. The van der Waals surface area contributed by atoms with Gasteiger partial charge >= 0.3 is 6.03 Å². The Kier molecular flexibility index (Phi) is 5.96. The maximum Gasteiger partial charge on any atom is 0.319 e. The smallest absolute Gasteiger partial charge is 0.319 e. The molecule has 2 rings (SSSR count). The van der Waals surface area contributed by atoms with Gasteiger partial charge in [-0.1, -0.05) is 23.2 Å². The Hall–Kier alpha value is -2.11. The molecule has 0 bridgehead atoms. The van der Waals surface area contributed by atoms with Crippen LogP contribution < -0.4 is 20.1 Å².